The number of aromatic nitrogens is 1. The van der Waals surface area contributed by atoms with Gasteiger partial charge in [0.1, 0.15) is 0 Å². The third kappa shape index (κ3) is 5.00. The lowest BCUT2D eigenvalue weighted by atomic mass is 9.78. The lowest BCUT2D eigenvalue weighted by Crippen LogP contribution is -2.49. The molecule has 3 heterocycles. The third-order valence-corrected chi connectivity index (χ3v) is 8.55. The fraction of sp³-hybridized carbons (Fsp3) is 0.542. The Kier molecular flexibility index (Phi) is 6.77. The van der Waals surface area contributed by atoms with E-state index in [1.807, 2.05) is 44.2 Å². The molecule has 1 aromatic carbocycles. The van der Waals surface area contributed by atoms with Crippen LogP contribution in [-0.2, 0) is 26.1 Å². The molecule has 2 aliphatic rings. The minimum atomic E-state index is -3.45. The summed E-state index contributed by atoms with van der Waals surface area (Å²) in [6.45, 7) is 6.87. The van der Waals surface area contributed by atoms with Gasteiger partial charge >= 0.3 is 0 Å². The predicted molar refractivity (Wildman–Crippen MR) is 119 cm³/mol. The number of hydrogen-bond donors (Lipinski definition) is 0. The zero-order valence-corrected chi connectivity index (χ0v) is 19.2. The summed E-state index contributed by atoms with van der Waals surface area (Å²) in [5, 5.41) is 0. The minimum absolute atomic E-state index is 0.218. The second-order valence-corrected chi connectivity index (χ2v) is 10.7. The molecule has 2 fully saturated rings. The van der Waals surface area contributed by atoms with Gasteiger partial charge in [0, 0.05) is 32.0 Å². The molecule has 0 saturated carbocycles. The molecule has 0 unspecified atom stereocenters. The Morgan fingerprint density at radius 2 is 1.87 bits per heavy atom. The first-order chi connectivity index (χ1) is 14.9. The Balaban J connectivity index is 1.31. The number of sulfonamides is 1. The lowest BCUT2D eigenvalue weighted by molar-refractivity contribution is -0.0619. The van der Waals surface area contributed by atoms with E-state index in [-0.39, 0.29) is 5.60 Å². The molecule has 1 aromatic heterocycles. The smallest absolute Gasteiger partial charge is 0.243 e. The van der Waals surface area contributed by atoms with E-state index >= 15 is 0 Å². The van der Waals surface area contributed by atoms with Crippen molar-refractivity contribution >= 4 is 10.0 Å². The number of rotatable bonds is 7. The van der Waals surface area contributed by atoms with E-state index in [2.05, 4.69) is 4.98 Å². The normalized spacial score (nSPS) is 21.5. The fourth-order valence-corrected chi connectivity index (χ4v) is 6.23. The Labute approximate surface area is 185 Å². The maximum absolute atomic E-state index is 13.0. The maximum Gasteiger partial charge on any atom is 0.243 e. The summed E-state index contributed by atoms with van der Waals surface area (Å²) < 4.78 is 39.7. The van der Waals surface area contributed by atoms with E-state index in [1.165, 1.54) is 0 Å². The molecule has 0 radical (unpaired) electrons. The van der Waals surface area contributed by atoms with Crippen LogP contribution < -0.4 is 0 Å². The van der Waals surface area contributed by atoms with Crippen molar-refractivity contribution in [1.29, 1.82) is 0 Å². The Bertz CT molecular complexity index is 983. The van der Waals surface area contributed by atoms with Gasteiger partial charge in [-0.05, 0) is 69.7 Å². The molecule has 31 heavy (non-hydrogen) atoms. The van der Waals surface area contributed by atoms with Crippen LogP contribution in [0.15, 0.2) is 47.4 Å². The van der Waals surface area contributed by atoms with Crippen molar-refractivity contribution in [3.05, 3.63) is 59.4 Å². The Morgan fingerprint density at radius 1 is 1.13 bits per heavy atom. The van der Waals surface area contributed by atoms with E-state index in [0.717, 1.165) is 49.2 Å². The van der Waals surface area contributed by atoms with Gasteiger partial charge < -0.3 is 9.47 Å². The predicted octanol–water partition coefficient (Wildman–Crippen LogP) is 3.87. The van der Waals surface area contributed by atoms with Crippen LogP contribution in [0.25, 0.3) is 0 Å². The van der Waals surface area contributed by atoms with E-state index < -0.39 is 10.0 Å². The molecule has 168 valence electrons. The molecule has 0 aliphatic carbocycles. The highest BCUT2D eigenvalue weighted by molar-refractivity contribution is 7.89. The molecular formula is C24H32N2O4S. The Morgan fingerprint density at radius 3 is 2.58 bits per heavy atom. The van der Waals surface area contributed by atoms with Crippen molar-refractivity contribution in [2.24, 2.45) is 5.92 Å². The number of piperidine rings is 1. The van der Waals surface area contributed by atoms with Crippen LogP contribution in [0.1, 0.15) is 42.6 Å². The summed E-state index contributed by atoms with van der Waals surface area (Å²) in [5.74, 6) is 0.405. The molecule has 2 saturated heterocycles. The summed E-state index contributed by atoms with van der Waals surface area (Å²) in [6.07, 6.45) is 3.41. The van der Waals surface area contributed by atoms with Crippen molar-refractivity contribution in [2.75, 3.05) is 26.3 Å². The molecular weight excluding hydrogens is 412 g/mol. The quantitative estimate of drug-likeness (QED) is 0.607. The number of ether oxygens (including phenoxy) is 2. The Hall–Kier alpha value is -1.80. The molecule has 1 spiro atoms. The molecule has 1 atom stereocenters. The second kappa shape index (κ2) is 9.36. The first-order valence-electron chi connectivity index (χ1n) is 11.1. The highest BCUT2D eigenvalue weighted by Crippen LogP contribution is 2.43. The minimum Gasteiger partial charge on any atom is -0.375 e. The third-order valence-electron chi connectivity index (χ3n) is 6.63. The highest BCUT2D eigenvalue weighted by Gasteiger charge is 2.47. The number of aryl methyl sites for hydroxylation is 2. The topological polar surface area (TPSA) is 68.7 Å². The van der Waals surface area contributed by atoms with Crippen molar-refractivity contribution in [1.82, 2.24) is 9.29 Å². The number of pyridine rings is 1. The van der Waals surface area contributed by atoms with Crippen LogP contribution in [0.5, 0.6) is 0 Å². The maximum atomic E-state index is 13.0. The number of benzene rings is 1. The van der Waals surface area contributed by atoms with Crippen LogP contribution in [0.2, 0.25) is 0 Å². The zero-order valence-electron chi connectivity index (χ0n) is 18.4. The van der Waals surface area contributed by atoms with Gasteiger partial charge in [0.2, 0.25) is 10.0 Å². The summed E-state index contributed by atoms with van der Waals surface area (Å²) in [6, 6.07) is 13.1. The summed E-state index contributed by atoms with van der Waals surface area (Å²) in [4.78, 5) is 4.85. The van der Waals surface area contributed by atoms with Crippen LogP contribution >= 0.6 is 0 Å². The van der Waals surface area contributed by atoms with Crippen LogP contribution in [0.4, 0.5) is 0 Å². The summed E-state index contributed by atoms with van der Waals surface area (Å²) >= 11 is 0. The first kappa shape index (κ1) is 22.4. The van der Waals surface area contributed by atoms with Crippen LogP contribution in [0, 0.1) is 19.8 Å². The summed E-state index contributed by atoms with van der Waals surface area (Å²) in [5.41, 5.74) is 2.78. The largest absolute Gasteiger partial charge is 0.375 e. The van der Waals surface area contributed by atoms with Gasteiger partial charge in [-0.3, -0.25) is 4.98 Å². The van der Waals surface area contributed by atoms with Gasteiger partial charge in [-0.15, -0.1) is 0 Å². The first-order valence-corrected chi connectivity index (χ1v) is 12.5. The molecule has 6 nitrogen and oxygen atoms in total. The second-order valence-electron chi connectivity index (χ2n) is 8.73. The van der Waals surface area contributed by atoms with E-state index in [9.17, 15) is 8.42 Å². The number of nitrogens with zero attached hydrogens (tertiary/aromatic N) is 2. The SMILES string of the molecule is Cc1ccc(S(=O)(=O)N2CCC3(CC2)OCC[C@@H]3CCOCc2cccc(C)n2)cc1. The zero-order chi connectivity index (χ0) is 21.9. The average Bonchev–Trinajstić information content (AvgIpc) is 3.13. The molecule has 0 amide bonds. The van der Waals surface area contributed by atoms with Gasteiger partial charge in [-0.2, -0.15) is 4.31 Å². The van der Waals surface area contributed by atoms with Crippen molar-refractivity contribution in [3.63, 3.8) is 0 Å². The van der Waals surface area contributed by atoms with Crippen molar-refractivity contribution in [3.8, 4) is 0 Å². The highest BCUT2D eigenvalue weighted by atomic mass is 32.2. The molecule has 2 aromatic rings. The monoisotopic (exact) mass is 444 g/mol. The van der Waals surface area contributed by atoms with Crippen LogP contribution in [-0.4, -0.2) is 49.6 Å². The molecule has 4 rings (SSSR count). The molecule has 0 bridgehead atoms. The average molecular weight is 445 g/mol. The van der Waals surface area contributed by atoms with E-state index in [1.54, 1.807) is 16.4 Å². The summed E-state index contributed by atoms with van der Waals surface area (Å²) in [7, 11) is -3.45. The van der Waals surface area contributed by atoms with Gasteiger partial charge in [0.15, 0.2) is 0 Å². The molecule has 2 aliphatic heterocycles. The molecule has 7 heteroatoms. The van der Waals surface area contributed by atoms with Gasteiger partial charge in [0.05, 0.1) is 22.8 Å². The standard InChI is InChI=1S/C24H32N2O4S/c1-19-6-8-23(9-7-19)31(27,28)26-14-12-24(13-15-26)21(11-17-30-24)10-16-29-18-22-5-3-4-20(2)25-22/h3-9,21H,10-18H2,1-2H3/t21-/m0/s1. The van der Waals surface area contributed by atoms with E-state index in [0.29, 0.717) is 37.1 Å². The van der Waals surface area contributed by atoms with Gasteiger partial charge in [-0.1, -0.05) is 23.8 Å². The lowest BCUT2D eigenvalue weighted by Gasteiger charge is -2.41. The van der Waals surface area contributed by atoms with Crippen LogP contribution in [0.3, 0.4) is 0 Å². The fourth-order valence-electron chi connectivity index (χ4n) is 4.79. The molecule has 0 N–H and O–H groups in total. The van der Waals surface area contributed by atoms with Crippen molar-refractivity contribution < 1.29 is 17.9 Å². The van der Waals surface area contributed by atoms with Crippen molar-refractivity contribution in [2.45, 2.75) is 56.6 Å². The van der Waals surface area contributed by atoms with Gasteiger partial charge in [0.25, 0.3) is 0 Å². The number of hydrogen-bond acceptors (Lipinski definition) is 5. The van der Waals surface area contributed by atoms with Gasteiger partial charge in [-0.25, -0.2) is 8.42 Å². The van der Waals surface area contributed by atoms with E-state index in [4.69, 9.17) is 9.47 Å².